The molecular weight excluding hydrogens is 446 g/mol. The zero-order valence-electron chi connectivity index (χ0n) is 21.9. The molecule has 0 saturated heterocycles. The molecule has 0 saturated carbocycles. The van der Waals surface area contributed by atoms with Crippen LogP contribution in [0.1, 0.15) is 49.9 Å². The fourth-order valence-corrected chi connectivity index (χ4v) is 6.64. The molecule has 0 bridgehead atoms. The number of hydrogen-bond donors (Lipinski definition) is 1. The Morgan fingerprint density at radius 2 is 1.11 bits per heavy atom. The minimum atomic E-state index is -0.0691. The maximum Gasteiger partial charge on any atom is 0.0467 e. The molecule has 0 aliphatic heterocycles. The van der Waals surface area contributed by atoms with Crippen LogP contribution in [0.5, 0.6) is 0 Å². The first kappa shape index (κ1) is 22.1. The van der Waals surface area contributed by atoms with Crippen LogP contribution in [-0.2, 0) is 10.8 Å². The Morgan fingerprint density at radius 1 is 0.459 bits per heavy atom. The lowest BCUT2D eigenvalue weighted by Crippen LogP contribution is -2.15. The number of anilines is 2. The van der Waals surface area contributed by atoms with Crippen molar-refractivity contribution in [3.05, 3.63) is 131 Å². The molecule has 1 nitrogen and oxygen atoms in total. The lowest BCUT2D eigenvalue weighted by Gasteiger charge is -2.23. The second-order valence-electron chi connectivity index (χ2n) is 11.5. The Labute approximate surface area is 219 Å². The number of benzene rings is 5. The molecule has 180 valence electrons. The third-order valence-electron chi connectivity index (χ3n) is 8.67. The summed E-state index contributed by atoms with van der Waals surface area (Å²) in [6, 6.07) is 40.1. The van der Waals surface area contributed by atoms with E-state index in [1.165, 1.54) is 61.3 Å². The molecule has 5 aromatic carbocycles. The second kappa shape index (κ2) is 7.70. The molecule has 0 spiro atoms. The predicted octanol–water partition coefficient (Wildman–Crippen LogP) is 9.71. The molecule has 1 heteroatoms. The molecule has 1 N–H and O–H groups in total. The Morgan fingerprint density at radius 3 is 1.92 bits per heavy atom. The van der Waals surface area contributed by atoms with E-state index in [-0.39, 0.29) is 10.8 Å². The molecule has 0 atom stereocenters. The molecule has 0 heterocycles. The quantitative estimate of drug-likeness (QED) is 0.273. The van der Waals surface area contributed by atoms with Crippen molar-refractivity contribution in [1.82, 2.24) is 0 Å². The lowest BCUT2D eigenvalue weighted by atomic mass is 9.81. The minimum Gasteiger partial charge on any atom is -0.355 e. The molecule has 0 unspecified atom stereocenters. The van der Waals surface area contributed by atoms with Gasteiger partial charge in [-0.2, -0.15) is 0 Å². The number of fused-ring (bicyclic) bond motifs is 6. The molecule has 7 rings (SSSR count). The van der Waals surface area contributed by atoms with Gasteiger partial charge in [0.1, 0.15) is 0 Å². The minimum absolute atomic E-state index is 0.00163. The molecule has 37 heavy (non-hydrogen) atoms. The maximum absolute atomic E-state index is 3.81. The van der Waals surface area contributed by atoms with Crippen LogP contribution < -0.4 is 5.32 Å². The Bertz CT molecular complexity index is 1690. The van der Waals surface area contributed by atoms with Gasteiger partial charge < -0.3 is 5.32 Å². The summed E-state index contributed by atoms with van der Waals surface area (Å²) >= 11 is 0. The molecule has 2 aliphatic rings. The van der Waals surface area contributed by atoms with Crippen molar-refractivity contribution in [3.63, 3.8) is 0 Å². The highest BCUT2D eigenvalue weighted by Gasteiger charge is 2.37. The van der Waals surface area contributed by atoms with Gasteiger partial charge in [0.25, 0.3) is 0 Å². The lowest BCUT2D eigenvalue weighted by molar-refractivity contribution is 0.660. The Balaban J connectivity index is 1.29. The molecule has 0 radical (unpaired) electrons. The standard InChI is InChI=1S/C36H31N/c1-35(2)29-14-9-8-13-28(29)34-30(35)15-10-16-33(34)37-25-18-20-27-26-19-17-24(23-11-6-5-7-12-23)21-31(26)36(3,4)32(27)22-25/h5-22,37H,1-4H3. The van der Waals surface area contributed by atoms with E-state index >= 15 is 0 Å². The van der Waals surface area contributed by atoms with Crippen molar-refractivity contribution in [2.24, 2.45) is 0 Å². The van der Waals surface area contributed by atoms with Crippen LogP contribution in [-0.4, -0.2) is 0 Å². The molecule has 0 amide bonds. The largest absolute Gasteiger partial charge is 0.355 e. The molecule has 0 aromatic heterocycles. The average molecular weight is 478 g/mol. The number of hydrogen-bond acceptors (Lipinski definition) is 1. The van der Waals surface area contributed by atoms with Gasteiger partial charge >= 0.3 is 0 Å². The summed E-state index contributed by atoms with van der Waals surface area (Å²) in [6.07, 6.45) is 0. The van der Waals surface area contributed by atoms with Crippen LogP contribution in [0.15, 0.2) is 109 Å². The van der Waals surface area contributed by atoms with Crippen molar-refractivity contribution >= 4 is 11.4 Å². The first-order valence-corrected chi connectivity index (χ1v) is 13.2. The van der Waals surface area contributed by atoms with Gasteiger partial charge in [0, 0.05) is 27.8 Å². The highest BCUT2D eigenvalue weighted by molar-refractivity contribution is 5.92. The molecule has 2 aliphatic carbocycles. The summed E-state index contributed by atoms with van der Waals surface area (Å²) < 4.78 is 0. The SMILES string of the molecule is CC1(C)c2cc(Nc3cccc4c3-c3ccccc3C4(C)C)ccc2-c2ccc(-c3ccccc3)cc21. The zero-order valence-corrected chi connectivity index (χ0v) is 21.9. The average Bonchev–Trinajstić information content (AvgIpc) is 3.29. The van der Waals surface area contributed by atoms with Crippen molar-refractivity contribution in [1.29, 1.82) is 0 Å². The normalized spacial score (nSPS) is 15.5. The van der Waals surface area contributed by atoms with Crippen molar-refractivity contribution in [2.75, 3.05) is 5.32 Å². The van der Waals surface area contributed by atoms with Gasteiger partial charge in [-0.25, -0.2) is 0 Å². The van der Waals surface area contributed by atoms with E-state index in [1.54, 1.807) is 0 Å². The van der Waals surface area contributed by atoms with Gasteiger partial charge in [-0.1, -0.05) is 113 Å². The highest BCUT2D eigenvalue weighted by atomic mass is 14.9. The fraction of sp³-hybridized carbons (Fsp3) is 0.167. The molecule has 0 fully saturated rings. The fourth-order valence-electron chi connectivity index (χ4n) is 6.64. The van der Waals surface area contributed by atoms with Crippen molar-refractivity contribution in [3.8, 4) is 33.4 Å². The summed E-state index contributed by atoms with van der Waals surface area (Å²) in [7, 11) is 0. The van der Waals surface area contributed by atoms with E-state index in [4.69, 9.17) is 0 Å². The zero-order chi connectivity index (χ0) is 25.4. The maximum atomic E-state index is 3.81. The van der Waals surface area contributed by atoms with Gasteiger partial charge in [0.05, 0.1) is 0 Å². The predicted molar refractivity (Wildman–Crippen MR) is 157 cm³/mol. The summed E-state index contributed by atoms with van der Waals surface area (Å²) in [4.78, 5) is 0. The van der Waals surface area contributed by atoms with Gasteiger partial charge in [-0.05, 0) is 74.3 Å². The molecule has 5 aromatic rings. The van der Waals surface area contributed by atoms with Crippen molar-refractivity contribution < 1.29 is 0 Å². The summed E-state index contributed by atoms with van der Waals surface area (Å²) in [5.41, 5.74) is 15.7. The van der Waals surface area contributed by atoms with Gasteiger partial charge in [-0.15, -0.1) is 0 Å². The van der Waals surface area contributed by atoms with Crippen LogP contribution >= 0.6 is 0 Å². The first-order valence-electron chi connectivity index (χ1n) is 13.2. The summed E-state index contributed by atoms with van der Waals surface area (Å²) in [6.45, 7) is 9.38. The Hall–Kier alpha value is -4.10. The Kier molecular flexibility index (Phi) is 4.60. The van der Waals surface area contributed by atoms with Gasteiger partial charge in [0.15, 0.2) is 0 Å². The van der Waals surface area contributed by atoms with E-state index in [9.17, 15) is 0 Å². The monoisotopic (exact) mass is 477 g/mol. The highest BCUT2D eigenvalue weighted by Crippen LogP contribution is 2.53. The first-order chi connectivity index (χ1) is 17.9. The second-order valence-corrected chi connectivity index (χ2v) is 11.5. The van der Waals surface area contributed by atoms with Gasteiger partial charge in [-0.3, -0.25) is 0 Å². The number of nitrogens with one attached hydrogen (secondary N) is 1. The van der Waals surface area contributed by atoms with Crippen LogP contribution in [0.4, 0.5) is 11.4 Å². The third kappa shape index (κ3) is 3.17. The third-order valence-corrected chi connectivity index (χ3v) is 8.67. The van der Waals surface area contributed by atoms with E-state index in [2.05, 4.69) is 142 Å². The van der Waals surface area contributed by atoms with Crippen LogP contribution in [0.25, 0.3) is 33.4 Å². The van der Waals surface area contributed by atoms with Crippen molar-refractivity contribution in [2.45, 2.75) is 38.5 Å². The summed E-state index contributed by atoms with van der Waals surface area (Å²) in [5.74, 6) is 0. The van der Waals surface area contributed by atoms with E-state index in [0.29, 0.717) is 0 Å². The van der Waals surface area contributed by atoms with E-state index in [0.717, 1.165) is 5.69 Å². The smallest absolute Gasteiger partial charge is 0.0467 e. The van der Waals surface area contributed by atoms with E-state index < -0.39 is 0 Å². The molecular formula is C36H31N. The van der Waals surface area contributed by atoms with Crippen LogP contribution in [0, 0.1) is 0 Å². The van der Waals surface area contributed by atoms with E-state index in [1.807, 2.05) is 0 Å². The van der Waals surface area contributed by atoms with Gasteiger partial charge in [0.2, 0.25) is 0 Å². The van der Waals surface area contributed by atoms with Crippen LogP contribution in [0.2, 0.25) is 0 Å². The summed E-state index contributed by atoms with van der Waals surface area (Å²) in [5, 5.41) is 3.81. The number of rotatable bonds is 3. The topological polar surface area (TPSA) is 12.0 Å². The van der Waals surface area contributed by atoms with Crippen LogP contribution in [0.3, 0.4) is 0 Å².